The molecule has 3 saturated carbocycles. The van der Waals surface area contributed by atoms with Crippen LogP contribution in [0.5, 0.6) is 0 Å². The van der Waals surface area contributed by atoms with E-state index in [1.807, 2.05) is 0 Å². The van der Waals surface area contributed by atoms with Crippen molar-refractivity contribution < 1.29 is 52.7 Å². The Balaban J connectivity index is 0.000000187. The third-order valence-corrected chi connectivity index (χ3v) is 10.3. The van der Waals surface area contributed by atoms with Crippen LogP contribution in [0.4, 0.5) is 0 Å². The van der Waals surface area contributed by atoms with Crippen LogP contribution in [-0.4, -0.2) is 85.4 Å². The molecule has 3 aliphatic heterocycles. The fraction of sp³-hybridized carbons (Fsp3) is 0.882. The number of carbonyl (C=O) groups excluding carboxylic acids is 3. The molecule has 0 radical (unpaired) electrons. The summed E-state index contributed by atoms with van der Waals surface area (Å²) >= 11 is 0. The van der Waals surface area contributed by atoms with Crippen LogP contribution in [0.25, 0.3) is 0 Å². The number of hydrogen-bond donors (Lipinski definition) is 1. The number of carboxylic acids is 1. The van der Waals surface area contributed by atoms with Gasteiger partial charge in [-0.15, -0.1) is 0 Å². The molecule has 10 atom stereocenters. The fourth-order valence-corrected chi connectivity index (χ4v) is 7.11. The molecule has 45 heavy (non-hydrogen) atoms. The van der Waals surface area contributed by atoms with E-state index in [2.05, 4.69) is 6.92 Å². The van der Waals surface area contributed by atoms with Gasteiger partial charge in [-0.1, -0.05) is 6.92 Å². The fourth-order valence-electron chi connectivity index (χ4n) is 7.11. The molecule has 6 rings (SSSR count). The van der Waals surface area contributed by atoms with Crippen molar-refractivity contribution in [2.45, 2.75) is 146 Å². The minimum atomic E-state index is -0.816. The second-order valence-corrected chi connectivity index (χ2v) is 14.1. The molecule has 0 aromatic carbocycles. The Kier molecular flexibility index (Phi) is 12.5. The molecular formula is C34H52O11. The number of aliphatic carboxylic acids is 1. The predicted molar refractivity (Wildman–Crippen MR) is 160 cm³/mol. The van der Waals surface area contributed by atoms with Crippen molar-refractivity contribution >= 4 is 23.9 Å². The predicted octanol–water partition coefficient (Wildman–Crippen LogP) is 4.76. The molecule has 3 heterocycles. The number of rotatable bonds is 16. The summed E-state index contributed by atoms with van der Waals surface area (Å²) in [5, 5.41) is 8.48. The zero-order valence-corrected chi connectivity index (χ0v) is 26.7. The van der Waals surface area contributed by atoms with Crippen LogP contribution in [-0.2, 0) is 47.6 Å². The van der Waals surface area contributed by atoms with E-state index >= 15 is 0 Å². The van der Waals surface area contributed by atoms with Crippen molar-refractivity contribution in [3.05, 3.63) is 0 Å². The standard InChI is InChI=1S/C20H30O6.C14H22O5/c21-19(23-11-13-5-7-15-17(9-13)25-15)3-1-2-4-20(22)24-12-14-6-8-16-18(10-14)26-16;1-9-6-11-12(19-11)7-10(9)8-18-14(17)5-3-2-4-13(15)16/h13-18H,1-12H2;9-12H,2-8H2,1H3,(H,15,16). The third-order valence-electron chi connectivity index (χ3n) is 10.3. The van der Waals surface area contributed by atoms with Crippen LogP contribution >= 0.6 is 0 Å². The van der Waals surface area contributed by atoms with E-state index in [1.54, 1.807) is 0 Å². The summed E-state index contributed by atoms with van der Waals surface area (Å²) in [5.74, 6) is 0.523. The Morgan fingerprint density at radius 2 is 0.978 bits per heavy atom. The zero-order valence-electron chi connectivity index (χ0n) is 26.7. The van der Waals surface area contributed by atoms with Gasteiger partial charge in [0.15, 0.2) is 0 Å². The largest absolute Gasteiger partial charge is 0.481 e. The summed E-state index contributed by atoms with van der Waals surface area (Å²) in [4.78, 5) is 45.5. The van der Waals surface area contributed by atoms with Gasteiger partial charge in [-0.05, 0) is 101 Å². The first-order chi connectivity index (χ1) is 21.7. The highest BCUT2D eigenvalue weighted by molar-refractivity contribution is 5.71. The molecule has 0 aromatic heterocycles. The molecule has 0 bridgehead atoms. The number of epoxide rings is 3. The summed E-state index contributed by atoms with van der Waals surface area (Å²) in [5.41, 5.74) is 0. The van der Waals surface area contributed by atoms with Crippen molar-refractivity contribution in [2.75, 3.05) is 19.8 Å². The number of esters is 3. The molecule has 0 amide bonds. The smallest absolute Gasteiger partial charge is 0.305 e. The van der Waals surface area contributed by atoms with Gasteiger partial charge in [0.1, 0.15) is 0 Å². The number of hydrogen-bond acceptors (Lipinski definition) is 10. The Hall–Kier alpha value is -2.24. The second-order valence-electron chi connectivity index (χ2n) is 14.1. The summed E-state index contributed by atoms with van der Waals surface area (Å²) in [6, 6.07) is 0. The van der Waals surface area contributed by atoms with Crippen molar-refractivity contribution in [3.63, 3.8) is 0 Å². The maximum atomic E-state index is 11.8. The van der Waals surface area contributed by atoms with Crippen LogP contribution in [0.3, 0.4) is 0 Å². The highest BCUT2D eigenvalue weighted by Gasteiger charge is 2.47. The quantitative estimate of drug-likeness (QED) is 0.108. The van der Waals surface area contributed by atoms with Crippen molar-refractivity contribution in [1.29, 1.82) is 0 Å². The van der Waals surface area contributed by atoms with Crippen molar-refractivity contribution in [3.8, 4) is 0 Å². The Bertz CT molecular complexity index is 970. The first-order valence-electron chi connectivity index (χ1n) is 17.4. The molecule has 0 spiro atoms. The van der Waals surface area contributed by atoms with E-state index in [1.165, 1.54) is 0 Å². The molecule has 6 fully saturated rings. The third kappa shape index (κ3) is 11.8. The number of fused-ring (bicyclic) bond motifs is 3. The summed E-state index contributed by atoms with van der Waals surface area (Å²) in [7, 11) is 0. The Morgan fingerprint density at radius 3 is 1.47 bits per heavy atom. The van der Waals surface area contributed by atoms with Gasteiger partial charge in [0.2, 0.25) is 0 Å². The van der Waals surface area contributed by atoms with Crippen molar-refractivity contribution in [2.24, 2.45) is 23.7 Å². The minimum Gasteiger partial charge on any atom is -0.481 e. The van der Waals surface area contributed by atoms with Crippen LogP contribution in [0, 0.1) is 23.7 Å². The van der Waals surface area contributed by atoms with Gasteiger partial charge in [-0.3, -0.25) is 19.2 Å². The van der Waals surface area contributed by atoms with E-state index < -0.39 is 5.97 Å². The number of carboxylic acid groups (broad SMARTS) is 1. The van der Waals surface area contributed by atoms with Crippen LogP contribution in [0.15, 0.2) is 0 Å². The number of unbranched alkanes of at least 4 members (excludes halogenated alkanes) is 2. The summed E-state index contributed by atoms with van der Waals surface area (Å²) < 4.78 is 32.5. The van der Waals surface area contributed by atoms with Crippen LogP contribution in [0.1, 0.15) is 110 Å². The molecule has 0 aromatic rings. The molecular weight excluding hydrogens is 584 g/mol. The zero-order chi connectivity index (χ0) is 31.8. The number of ether oxygens (including phenoxy) is 6. The lowest BCUT2D eigenvalue weighted by Crippen LogP contribution is -2.27. The minimum absolute atomic E-state index is 0.118. The maximum absolute atomic E-state index is 11.8. The topological polar surface area (TPSA) is 154 Å². The second kappa shape index (κ2) is 16.5. The average Bonchev–Trinajstić information content (AvgIpc) is 3.91. The molecule has 10 unspecified atom stereocenters. The first kappa shape index (κ1) is 34.1. The van der Waals surface area contributed by atoms with Gasteiger partial charge in [0.05, 0.1) is 56.4 Å². The van der Waals surface area contributed by atoms with Crippen molar-refractivity contribution in [1.82, 2.24) is 0 Å². The first-order valence-corrected chi connectivity index (χ1v) is 17.4. The molecule has 11 nitrogen and oxygen atoms in total. The lowest BCUT2D eigenvalue weighted by molar-refractivity contribution is -0.147. The van der Waals surface area contributed by atoms with Gasteiger partial charge >= 0.3 is 23.9 Å². The Labute approximate surface area is 266 Å². The lowest BCUT2D eigenvalue weighted by atomic mass is 9.81. The van der Waals surface area contributed by atoms with Crippen LogP contribution in [0.2, 0.25) is 0 Å². The normalized spacial score (nSPS) is 35.2. The van der Waals surface area contributed by atoms with Gasteiger partial charge in [-0.25, -0.2) is 0 Å². The van der Waals surface area contributed by atoms with Gasteiger partial charge in [0.25, 0.3) is 0 Å². The lowest BCUT2D eigenvalue weighted by Gasteiger charge is -2.25. The van der Waals surface area contributed by atoms with E-state index in [0.29, 0.717) is 125 Å². The summed E-state index contributed by atoms with van der Waals surface area (Å²) in [6.07, 6.45) is 14.8. The van der Waals surface area contributed by atoms with Gasteiger partial charge in [-0.2, -0.15) is 0 Å². The molecule has 3 saturated heterocycles. The monoisotopic (exact) mass is 636 g/mol. The van der Waals surface area contributed by atoms with Gasteiger partial charge in [0, 0.05) is 25.7 Å². The van der Waals surface area contributed by atoms with Gasteiger partial charge < -0.3 is 33.5 Å². The molecule has 3 aliphatic carbocycles. The Morgan fingerprint density at radius 1 is 0.556 bits per heavy atom. The van der Waals surface area contributed by atoms with E-state index in [0.717, 1.165) is 51.4 Å². The van der Waals surface area contributed by atoms with E-state index in [-0.39, 0.29) is 24.3 Å². The SMILES string of the molecule is CC1CC2OC2CC1COC(=O)CCCCC(=O)O.O=C(CCCCC(=O)OCC1CCC2OC2C1)OCC1CCC2OC2C1. The van der Waals surface area contributed by atoms with E-state index in [9.17, 15) is 19.2 Å². The molecule has 6 aliphatic rings. The molecule has 1 N–H and O–H groups in total. The summed E-state index contributed by atoms with van der Waals surface area (Å²) in [6.45, 7) is 3.69. The maximum Gasteiger partial charge on any atom is 0.305 e. The molecule has 254 valence electrons. The van der Waals surface area contributed by atoms with Crippen LogP contribution < -0.4 is 0 Å². The highest BCUT2D eigenvalue weighted by Crippen LogP contribution is 2.43. The highest BCUT2D eigenvalue weighted by atomic mass is 16.6. The molecule has 11 heteroatoms. The van der Waals surface area contributed by atoms with E-state index in [4.69, 9.17) is 33.5 Å². The number of carbonyl (C=O) groups is 4. The average molecular weight is 637 g/mol.